The van der Waals surface area contributed by atoms with E-state index < -0.39 is 22.0 Å². The Bertz CT molecular complexity index is 1460. The van der Waals surface area contributed by atoms with Crippen molar-refractivity contribution in [2.45, 2.75) is 30.8 Å². The molecular weight excluding hydrogens is 594 g/mol. The van der Waals surface area contributed by atoms with E-state index in [9.17, 15) is 18.0 Å². The third-order valence-electron chi connectivity index (χ3n) is 7.10. The fraction of sp³-hybridized carbons (Fsp3) is 0.355. The van der Waals surface area contributed by atoms with E-state index in [-0.39, 0.29) is 24.0 Å². The number of halogens is 1. The first-order valence-corrected chi connectivity index (χ1v) is 15.7. The minimum atomic E-state index is -3.65. The Kier molecular flexibility index (Phi) is 11.4. The number of nitrogens with zero attached hydrogens (tertiary/aromatic N) is 2. The smallest absolute Gasteiger partial charge is 0.261 e. The molecule has 1 fully saturated rings. The average molecular weight is 630 g/mol. The van der Waals surface area contributed by atoms with Gasteiger partial charge in [-0.25, -0.2) is 8.42 Å². The van der Waals surface area contributed by atoms with Gasteiger partial charge in [0.05, 0.1) is 25.2 Å². The van der Waals surface area contributed by atoms with Crippen LogP contribution in [0.25, 0.3) is 0 Å². The zero-order valence-corrected chi connectivity index (χ0v) is 25.8. The fourth-order valence-electron chi connectivity index (χ4n) is 4.51. The molecule has 1 atom stereocenters. The van der Waals surface area contributed by atoms with E-state index in [0.29, 0.717) is 50.0 Å². The Morgan fingerprint density at radius 2 is 1.56 bits per heavy atom. The van der Waals surface area contributed by atoms with E-state index in [1.165, 1.54) is 33.5 Å². The Morgan fingerprint density at radius 3 is 2.19 bits per heavy atom. The van der Waals surface area contributed by atoms with Crippen molar-refractivity contribution in [1.82, 2.24) is 14.5 Å². The molecule has 0 bridgehead atoms. The van der Waals surface area contributed by atoms with Gasteiger partial charge in [0.25, 0.3) is 5.91 Å². The number of hydrogen-bond donors (Lipinski definition) is 1. The van der Waals surface area contributed by atoms with Crippen molar-refractivity contribution < 1.29 is 32.2 Å². The highest BCUT2D eigenvalue weighted by Gasteiger charge is 2.28. The van der Waals surface area contributed by atoms with Crippen LogP contribution in [0.5, 0.6) is 11.5 Å². The number of benzene rings is 3. The predicted molar refractivity (Wildman–Crippen MR) is 163 cm³/mol. The molecule has 0 unspecified atom stereocenters. The zero-order chi connectivity index (χ0) is 30.8. The number of rotatable bonds is 13. The van der Waals surface area contributed by atoms with E-state index in [4.69, 9.17) is 25.8 Å². The minimum Gasteiger partial charge on any atom is -0.497 e. The predicted octanol–water partition coefficient (Wildman–Crippen LogP) is 3.52. The van der Waals surface area contributed by atoms with Crippen LogP contribution in [0.3, 0.4) is 0 Å². The van der Waals surface area contributed by atoms with Crippen molar-refractivity contribution in [2.75, 3.05) is 46.6 Å². The fourth-order valence-corrected chi connectivity index (χ4v) is 6.04. The van der Waals surface area contributed by atoms with Crippen molar-refractivity contribution >= 4 is 33.4 Å². The maximum Gasteiger partial charge on any atom is 0.261 e. The van der Waals surface area contributed by atoms with E-state index in [1.807, 2.05) is 24.3 Å². The summed E-state index contributed by atoms with van der Waals surface area (Å²) in [6.07, 6.45) is 0.619. The number of morpholine rings is 1. The average Bonchev–Trinajstić information content (AvgIpc) is 3.04. The number of amides is 2. The molecule has 10 nitrogen and oxygen atoms in total. The Morgan fingerprint density at radius 1 is 0.953 bits per heavy atom. The van der Waals surface area contributed by atoms with Crippen LogP contribution in [0.1, 0.15) is 18.1 Å². The number of sulfonamides is 1. The summed E-state index contributed by atoms with van der Waals surface area (Å²) in [4.78, 5) is 28.1. The first-order chi connectivity index (χ1) is 20.7. The van der Waals surface area contributed by atoms with Gasteiger partial charge in [-0.3, -0.25) is 9.59 Å². The zero-order valence-electron chi connectivity index (χ0n) is 24.2. The summed E-state index contributed by atoms with van der Waals surface area (Å²) in [5, 5.41) is 3.48. The number of nitrogens with one attached hydrogen (secondary N) is 1. The molecule has 3 aromatic rings. The molecule has 1 N–H and O–H groups in total. The molecule has 0 spiro atoms. The third-order valence-corrected chi connectivity index (χ3v) is 9.26. The summed E-state index contributed by atoms with van der Waals surface area (Å²) in [7, 11) is -2.04. The van der Waals surface area contributed by atoms with Crippen molar-refractivity contribution in [1.29, 1.82) is 0 Å². The van der Waals surface area contributed by atoms with Crippen LogP contribution in [-0.2, 0) is 37.3 Å². The van der Waals surface area contributed by atoms with Crippen molar-refractivity contribution in [3.8, 4) is 11.5 Å². The van der Waals surface area contributed by atoms with E-state index >= 15 is 0 Å². The van der Waals surface area contributed by atoms with Crippen LogP contribution in [0.2, 0.25) is 5.02 Å². The maximum atomic E-state index is 13.4. The molecule has 0 radical (unpaired) electrons. The molecular formula is C31H36ClN3O7S. The van der Waals surface area contributed by atoms with Gasteiger partial charge in [-0.15, -0.1) is 0 Å². The molecule has 1 heterocycles. The SMILES string of the molecule is COc1ccc(CCNC(=O)[C@@H](C)N(Cc2ccc(Cl)cc2)C(=O)COc2ccc(S(=O)(=O)N3CCOCC3)cc2)cc1. The number of carbonyl (C=O) groups is 2. The van der Waals surface area contributed by atoms with Crippen LogP contribution in [0.4, 0.5) is 0 Å². The van der Waals surface area contributed by atoms with Crippen LogP contribution in [0.15, 0.2) is 77.7 Å². The Labute approximate surface area is 257 Å². The summed E-state index contributed by atoms with van der Waals surface area (Å²) in [6.45, 7) is 3.20. The highest BCUT2D eigenvalue weighted by Crippen LogP contribution is 2.21. The van der Waals surface area contributed by atoms with E-state index in [1.54, 1.807) is 38.3 Å². The Balaban J connectivity index is 1.38. The largest absolute Gasteiger partial charge is 0.497 e. The first-order valence-electron chi connectivity index (χ1n) is 13.9. The molecule has 2 amide bonds. The summed E-state index contributed by atoms with van der Waals surface area (Å²) < 4.78 is 43.3. The lowest BCUT2D eigenvalue weighted by atomic mass is 10.1. The van der Waals surface area contributed by atoms with Crippen LogP contribution >= 0.6 is 11.6 Å². The van der Waals surface area contributed by atoms with Gasteiger partial charge in [0.2, 0.25) is 15.9 Å². The van der Waals surface area contributed by atoms with Gasteiger partial charge in [-0.05, 0) is 73.0 Å². The van der Waals surface area contributed by atoms with E-state index in [2.05, 4.69) is 5.32 Å². The number of hydrogen-bond acceptors (Lipinski definition) is 7. The molecule has 1 aliphatic rings. The monoisotopic (exact) mass is 629 g/mol. The molecule has 1 saturated heterocycles. The molecule has 230 valence electrons. The summed E-state index contributed by atoms with van der Waals surface area (Å²) in [5.41, 5.74) is 1.84. The molecule has 0 aromatic heterocycles. The maximum absolute atomic E-state index is 13.4. The number of carbonyl (C=O) groups excluding carboxylic acids is 2. The quantitative estimate of drug-likeness (QED) is 0.308. The van der Waals surface area contributed by atoms with Gasteiger partial charge >= 0.3 is 0 Å². The van der Waals surface area contributed by atoms with Gasteiger partial charge in [0, 0.05) is 31.2 Å². The second kappa shape index (κ2) is 15.2. The highest BCUT2D eigenvalue weighted by atomic mass is 35.5. The molecule has 1 aliphatic heterocycles. The van der Waals surface area contributed by atoms with Crippen LogP contribution in [-0.4, -0.2) is 82.0 Å². The first kappa shape index (κ1) is 32.3. The lowest BCUT2D eigenvalue weighted by molar-refractivity contribution is -0.142. The second-order valence-electron chi connectivity index (χ2n) is 9.99. The van der Waals surface area contributed by atoms with Crippen LogP contribution in [0, 0.1) is 0 Å². The topological polar surface area (TPSA) is 114 Å². The minimum absolute atomic E-state index is 0.136. The van der Waals surface area contributed by atoms with Gasteiger partial charge in [0.1, 0.15) is 17.5 Å². The number of methoxy groups -OCH3 is 1. The standard InChI is InChI=1S/C31H36ClN3O7S/c1-23(31(37)33-16-15-24-5-9-27(40-2)10-6-24)35(21-25-3-7-26(32)8-4-25)30(36)22-42-28-11-13-29(14-12-28)43(38,39)34-17-19-41-20-18-34/h3-14,23H,15-22H2,1-2H3,(H,33,37)/t23-/m1/s1. The van der Waals surface area contributed by atoms with Crippen molar-refractivity contribution in [3.05, 3.63) is 88.9 Å². The summed E-state index contributed by atoms with van der Waals surface area (Å²) in [6, 6.07) is 19.8. The van der Waals surface area contributed by atoms with Gasteiger partial charge in [-0.1, -0.05) is 35.9 Å². The van der Waals surface area contributed by atoms with Crippen molar-refractivity contribution in [3.63, 3.8) is 0 Å². The molecule has 43 heavy (non-hydrogen) atoms. The molecule has 0 saturated carbocycles. The third kappa shape index (κ3) is 8.93. The second-order valence-corrected chi connectivity index (χ2v) is 12.4. The molecule has 4 rings (SSSR count). The van der Waals surface area contributed by atoms with Gasteiger partial charge < -0.3 is 24.4 Å². The number of ether oxygens (including phenoxy) is 3. The van der Waals surface area contributed by atoms with E-state index in [0.717, 1.165) is 16.9 Å². The lowest BCUT2D eigenvalue weighted by Gasteiger charge is -2.29. The molecule has 0 aliphatic carbocycles. The molecule has 12 heteroatoms. The highest BCUT2D eigenvalue weighted by molar-refractivity contribution is 7.89. The molecule has 3 aromatic carbocycles. The Hall–Kier alpha value is -3.64. The van der Waals surface area contributed by atoms with Crippen molar-refractivity contribution in [2.24, 2.45) is 0 Å². The summed E-state index contributed by atoms with van der Waals surface area (Å²) >= 11 is 6.03. The van der Waals surface area contributed by atoms with Gasteiger partial charge in [-0.2, -0.15) is 4.31 Å². The summed E-state index contributed by atoms with van der Waals surface area (Å²) in [5.74, 6) is 0.387. The lowest BCUT2D eigenvalue weighted by Crippen LogP contribution is -2.49. The van der Waals surface area contributed by atoms with Gasteiger partial charge in [0.15, 0.2) is 6.61 Å². The van der Waals surface area contributed by atoms with Crippen LogP contribution < -0.4 is 14.8 Å². The normalized spacial score (nSPS) is 14.5.